The first-order chi connectivity index (χ1) is 5.79. The maximum absolute atomic E-state index is 11.1. The van der Waals surface area contributed by atoms with Gasteiger partial charge in [0.2, 0.25) is 0 Å². The Bertz CT molecular complexity index is 302. The van der Waals surface area contributed by atoms with Gasteiger partial charge in [0.05, 0.1) is 12.1 Å². The van der Waals surface area contributed by atoms with Gasteiger partial charge >= 0.3 is 0 Å². The van der Waals surface area contributed by atoms with Crippen LogP contribution in [0, 0.1) is 5.92 Å². The summed E-state index contributed by atoms with van der Waals surface area (Å²) in [6, 6.07) is 0. The van der Waals surface area contributed by atoms with Crippen LogP contribution >= 0.6 is 0 Å². The zero-order chi connectivity index (χ0) is 8.55. The second kappa shape index (κ2) is 2.59. The highest BCUT2D eigenvalue weighted by atomic mass is 16.6. The fraction of sp³-hybridized carbons (Fsp3) is 0.333. The van der Waals surface area contributed by atoms with Crippen LogP contribution < -0.4 is 0 Å². The number of carbonyl (C=O) groups is 1. The third-order valence-corrected chi connectivity index (χ3v) is 2.10. The van der Waals surface area contributed by atoms with Crippen LogP contribution in [0.25, 0.3) is 0 Å². The number of oxime groups is 1. The van der Waals surface area contributed by atoms with Gasteiger partial charge in [0.15, 0.2) is 11.9 Å². The lowest BCUT2D eigenvalue weighted by Gasteiger charge is -2.16. The molecule has 0 saturated carbocycles. The molecule has 12 heavy (non-hydrogen) atoms. The molecule has 2 rings (SSSR count). The number of Topliss-reactive ketones (excluding diaryl/α,β-unsaturated/α-hetero) is 1. The van der Waals surface area contributed by atoms with Crippen molar-refractivity contribution in [2.24, 2.45) is 11.1 Å². The standard InChI is InChI=1S/C9H9NO2/c1-6(11)7-3-2-4-9-8(7)5-10-12-9/h2-5,8-9H,1H3. The fourth-order valence-corrected chi connectivity index (χ4v) is 1.47. The van der Waals surface area contributed by atoms with Crippen LogP contribution in [0.5, 0.6) is 0 Å². The summed E-state index contributed by atoms with van der Waals surface area (Å²) in [7, 11) is 0. The van der Waals surface area contributed by atoms with E-state index in [2.05, 4.69) is 5.16 Å². The number of carbonyl (C=O) groups excluding carboxylic acids is 1. The Morgan fingerprint density at radius 1 is 1.67 bits per heavy atom. The van der Waals surface area contributed by atoms with Gasteiger partial charge in [-0.05, 0) is 13.0 Å². The van der Waals surface area contributed by atoms with E-state index in [0.717, 1.165) is 5.57 Å². The predicted molar refractivity (Wildman–Crippen MR) is 44.8 cm³/mol. The molecule has 1 aliphatic heterocycles. The summed E-state index contributed by atoms with van der Waals surface area (Å²) >= 11 is 0. The lowest BCUT2D eigenvalue weighted by molar-refractivity contribution is -0.114. The minimum absolute atomic E-state index is 0.0347. The number of fused-ring (bicyclic) bond motifs is 1. The molecule has 62 valence electrons. The van der Waals surface area contributed by atoms with Gasteiger partial charge < -0.3 is 4.84 Å². The molecular formula is C9H9NO2. The Labute approximate surface area is 70.4 Å². The molecule has 1 heterocycles. The second-order valence-corrected chi connectivity index (χ2v) is 2.91. The van der Waals surface area contributed by atoms with Crippen LogP contribution in [0.1, 0.15) is 6.92 Å². The number of nitrogens with zero attached hydrogens (tertiary/aromatic N) is 1. The first kappa shape index (κ1) is 7.28. The smallest absolute Gasteiger partial charge is 0.158 e. The average molecular weight is 163 g/mol. The molecule has 0 radical (unpaired) electrons. The van der Waals surface area contributed by atoms with Crippen molar-refractivity contribution < 1.29 is 9.63 Å². The molecule has 2 atom stereocenters. The Kier molecular flexibility index (Phi) is 1.57. The highest BCUT2D eigenvalue weighted by molar-refractivity contribution is 5.98. The van der Waals surface area contributed by atoms with Crippen molar-refractivity contribution in [3.8, 4) is 0 Å². The van der Waals surface area contributed by atoms with E-state index in [1.165, 1.54) is 0 Å². The Hall–Kier alpha value is -1.38. The van der Waals surface area contributed by atoms with Crippen LogP contribution in [-0.2, 0) is 9.63 Å². The molecular weight excluding hydrogens is 154 g/mol. The highest BCUT2D eigenvalue weighted by Gasteiger charge is 2.31. The molecule has 0 spiro atoms. The monoisotopic (exact) mass is 163 g/mol. The fourth-order valence-electron chi connectivity index (χ4n) is 1.47. The van der Waals surface area contributed by atoms with Gasteiger partial charge in [-0.3, -0.25) is 4.79 Å². The molecule has 0 saturated heterocycles. The lowest BCUT2D eigenvalue weighted by Crippen LogP contribution is -2.23. The van der Waals surface area contributed by atoms with E-state index in [0.29, 0.717) is 0 Å². The number of rotatable bonds is 1. The minimum atomic E-state index is -0.0612. The summed E-state index contributed by atoms with van der Waals surface area (Å²) in [5, 5.41) is 3.69. The number of hydrogen-bond donors (Lipinski definition) is 0. The van der Waals surface area contributed by atoms with Crippen LogP contribution in [0.2, 0.25) is 0 Å². The van der Waals surface area contributed by atoms with Crippen LogP contribution in [0.15, 0.2) is 29.0 Å². The van der Waals surface area contributed by atoms with Crippen LogP contribution in [0.3, 0.4) is 0 Å². The summed E-state index contributed by atoms with van der Waals surface area (Å²) in [5.41, 5.74) is 0.781. The highest BCUT2D eigenvalue weighted by Crippen LogP contribution is 2.26. The van der Waals surface area contributed by atoms with Crippen molar-refractivity contribution in [3.05, 3.63) is 23.8 Å². The van der Waals surface area contributed by atoms with Crippen molar-refractivity contribution in [3.63, 3.8) is 0 Å². The third kappa shape index (κ3) is 0.978. The van der Waals surface area contributed by atoms with Crippen molar-refractivity contribution in [1.29, 1.82) is 0 Å². The quantitative estimate of drug-likeness (QED) is 0.580. The lowest BCUT2D eigenvalue weighted by atomic mass is 9.88. The van der Waals surface area contributed by atoms with Gasteiger partial charge in [-0.2, -0.15) is 0 Å². The summed E-state index contributed by atoms with van der Waals surface area (Å²) < 4.78 is 0. The van der Waals surface area contributed by atoms with E-state index in [1.807, 2.05) is 18.2 Å². The molecule has 2 unspecified atom stereocenters. The molecule has 0 aromatic rings. The molecule has 0 N–H and O–H groups in total. The molecule has 0 aromatic carbocycles. The van der Waals surface area contributed by atoms with Gasteiger partial charge in [-0.1, -0.05) is 17.3 Å². The molecule has 3 nitrogen and oxygen atoms in total. The van der Waals surface area contributed by atoms with Crippen molar-refractivity contribution >= 4 is 12.0 Å². The van der Waals surface area contributed by atoms with Crippen molar-refractivity contribution in [2.75, 3.05) is 0 Å². The van der Waals surface area contributed by atoms with Crippen LogP contribution in [-0.4, -0.2) is 18.1 Å². The zero-order valence-electron chi connectivity index (χ0n) is 6.73. The summed E-state index contributed by atoms with van der Waals surface area (Å²) in [5.74, 6) is 0.124. The van der Waals surface area contributed by atoms with E-state index < -0.39 is 0 Å². The first-order valence-corrected chi connectivity index (χ1v) is 3.87. The van der Waals surface area contributed by atoms with Crippen molar-refractivity contribution in [1.82, 2.24) is 0 Å². The maximum Gasteiger partial charge on any atom is 0.158 e. The molecule has 1 aliphatic carbocycles. The SMILES string of the molecule is CC(=O)C1=CC=CC2ON=CC12. The van der Waals surface area contributed by atoms with E-state index in [4.69, 9.17) is 4.84 Å². The zero-order valence-corrected chi connectivity index (χ0v) is 6.73. The summed E-state index contributed by atoms with van der Waals surface area (Å²) in [6.45, 7) is 1.56. The minimum Gasteiger partial charge on any atom is -0.388 e. The Morgan fingerprint density at radius 2 is 2.50 bits per heavy atom. The summed E-state index contributed by atoms with van der Waals surface area (Å²) in [6.07, 6.45) is 7.19. The summed E-state index contributed by atoms with van der Waals surface area (Å²) in [4.78, 5) is 16.1. The predicted octanol–water partition coefficient (Wildman–Crippen LogP) is 1.07. The van der Waals surface area contributed by atoms with Gasteiger partial charge in [0, 0.05) is 5.57 Å². The Balaban J connectivity index is 2.32. The average Bonchev–Trinajstić information content (AvgIpc) is 2.49. The Morgan fingerprint density at radius 3 is 3.25 bits per heavy atom. The molecule has 0 aromatic heterocycles. The van der Waals surface area contributed by atoms with E-state index in [9.17, 15) is 4.79 Å². The molecule has 2 aliphatic rings. The van der Waals surface area contributed by atoms with Gasteiger partial charge in [0.25, 0.3) is 0 Å². The maximum atomic E-state index is 11.1. The number of hydrogen-bond acceptors (Lipinski definition) is 3. The number of ketones is 1. The van der Waals surface area contributed by atoms with Gasteiger partial charge in [-0.15, -0.1) is 0 Å². The molecule has 0 bridgehead atoms. The normalized spacial score (nSPS) is 30.9. The topological polar surface area (TPSA) is 38.7 Å². The largest absolute Gasteiger partial charge is 0.388 e. The van der Waals surface area contributed by atoms with Crippen LogP contribution in [0.4, 0.5) is 0 Å². The van der Waals surface area contributed by atoms with E-state index >= 15 is 0 Å². The molecule has 0 fully saturated rings. The first-order valence-electron chi connectivity index (χ1n) is 3.87. The molecule has 3 heteroatoms. The number of allylic oxidation sites excluding steroid dienone is 2. The van der Waals surface area contributed by atoms with Crippen molar-refractivity contribution in [2.45, 2.75) is 13.0 Å². The van der Waals surface area contributed by atoms with E-state index in [1.54, 1.807) is 13.1 Å². The third-order valence-electron chi connectivity index (χ3n) is 2.10. The second-order valence-electron chi connectivity index (χ2n) is 2.91. The van der Waals surface area contributed by atoms with Gasteiger partial charge in [0.1, 0.15) is 0 Å². The van der Waals surface area contributed by atoms with E-state index in [-0.39, 0.29) is 17.8 Å². The van der Waals surface area contributed by atoms with Gasteiger partial charge in [-0.25, -0.2) is 0 Å². The molecule has 0 amide bonds.